The number of para-hydroxylation sites is 1. The molecule has 0 spiro atoms. The molecule has 0 fully saturated rings. The molecule has 0 aliphatic rings. The van der Waals surface area contributed by atoms with Gasteiger partial charge >= 0.3 is 6.03 Å². The summed E-state index contributed by atoms with van der Waals surface area (Å²) in [6.07, 6.45) is 0. The van der Waals surface area contributed by atoms with Crippen molar-refractivity contribution in [2.75, 3.05) is 12.4 Å². The summed E-state index contributed by atoms with van der Waals surface area (Å²) in [5.74, 6) is 0.321. The standard InChI is InChI=1S/C13H20N4O2/c1-13(2,3)17-12(18)16-10-8(11(14)15)6-5-7-9(10)19-4/h5-7H,1-4H3,(H3,14,15)(H2,16,17,18). The van der Waals surface area contributed by atoms with Crippen LogP contribution in [0.15, 0.2) is 18.2 Å². The monoisotopic (exact) mass is 264 g/mol. The van der Waals surface area contributed by atoms with E-state index in [1.165, 1.54) is 7.11 Å². The van der Waals surface area contributed by atoms with Gasteiger partial charge in [0, 0.05) is 11.1 Å². The van der Waals surface area contributed by atoms with Gasteiger partial charge in [0.05, 0.1) is 12.8 Å². The summed E-state index contributed by atoms with van der Waals surface area (Å²) >= 11 is 0. The quantitative estimate of drug-likeness (QED) is 0.495. The molecule has 0 saturated carbocycles. The molecule has 1 rings (SSSR count). The van der Waals surface area contributed by atoms with Crippen molar-refractivity contribution in [1.82, 2.24) is 5.32 Å². The van der Waals surface area contributed by atoms with Crippen LogP contribution in [0.1, 0.15) is 26.3 Å². The Labute approximate surface area is 112 Å². The summed E-state index contributed by atoms with van der Waals surface area (Å²) in [4.78, 5) is 11.9. The molecule has 0 aliphatic carbocycles. The van der Waals surface area contributed by atoms with Crippen LogP contribution >= 0.6 is 0 Å². The molecule has 2 amide bonds. The second-order valence-electron chi connectivity index (χ2n) is 5.13. The van der Waals surface area contributed by atoms with E-state index in [-0.39, 0.29) is 17.4 Å². The van der Waals surface area contributed by atoms with Crippen molar-refractivity contribution in [2.24, 2.45) is 5.73 Å². The van der Waals surface area contributed by atoms with Gasteiger partial charge in [0.15, 0.2) is 0 Å². The first-order valence-corrected chi connectivity index (χ1v) is 5.85. The van der Waals surface area contributed by atoms with Crippen LogP contribution < -0.4 is 21.1 Å². The van der Waals surface area contributed by atoms with E-state index < -0.39 is 0 Å². The zero-order valence-electron chi connectivity index (χ0n) is 11.6. The zero-order chi connectivity index (χ0) is 14.6. The van der Waals surface area contributed by atoms with Crippen molar-refractivity contribution < 1.29 is 9.53 Å². The number of amides is 2. The number of hydrogen-bond acceptors (Lipinski definition) is 3. The molecular formula is C13H20N4O2. The van der Waals surface area contributed by atoms with Crippen LogP contribution in [0.2, 0.25) is 0 Å². The van der Waals surface area contributed by atoms with Crippen LogP contribution in [0.5, 0.6) is 5.75 Å². The number of carbonyl (C=O) groups excluding carboxylic acids is 1. The van der Waals surface area contributed by atoms with E-state index in [0.29, 0.717) is 17.0 Å². The minimum absolute atomic E-state index is 0.134. The van der Waals surface area contributed by atoms with Gasteiger partial charge in [-0.1, -0.05) is 6.07 Å². The van der Waals surface area contributed by atoms with E-state index in [0.717, 1.165) is 0 Å². The van der Waals surface area contributed by atoms with E-state index >= 15 is 0 Å². The minimum atomic E-state index is -0.375. The molecule has 0 aliphatic heterocycles. The lowest BCUT2D eigenvalue weighted by molar-refractivity contribution is 0.243. The lowest BCUT2D eigenvalue weighted by Gasteiger charge is -2.22. The smallest absolute Gasteiger partial charge is 0.319 e. The van der Waals surface area contributed by atoms with Crippen LogP contribution in [0.4, 0.5) is 10.5 Å². The number of urea groups is 1. The molecule has 0 radical (unpaired) electrons. The summed E-state index contributed by atoms with van der Waals surface area (Å²) < 4.78 is 5.17. The largest absolute Gasteiger partial charge is 0.495 e. The first-order valence-electron chi connectivity index (χ1n) is 5.85. The Bertz CT molecular complexity index is 492. The van der Waals surface area contributed by atoms with E-state index in [9.17, 15) is 4.79 Å². The first kappa shape index (κ1) is 14.8. The fourth-order valence-corrected chi connectivity index (χ4v) is 1.54. The molecule has 104 valence electrons. The fraction of sp³-hybridized carbons (Fsp3) is 0.385. The molecule has 6 nitrogen and oxygen atoms in total. The SMILES string of the molecule is COc1cccc(C(=N)N)c1NC(=O)NC(C)(C)C. The van der Waals surface area contributed by atoms with Gasteiger partial charge in [0.25, 0.3) is 0 Å². The van der Waals surface area contributed by atoms with Crippen LogP contribution in [0.25, 0.3) is 0 Å². The summed E-state index contributed by atoms with van der Waals surface area (Å²) in [6.45, 7) is 5.63. The second-order valence-corrected chi connectivity index (χ2v) is 5.13. The molecule has 1 aromatic carbocycles. The molecule has 0 heterocycles. The molecule has 6 heteroatoms. The number of benzene rings is 1. The van der Waals surface area contributed by atoms with Gasteiger partial charge < -0.3 is 21.1 Å². The molecule has 5 N–H and O–H groups in total. The average molecular weight is 264 g/mol. The fourth-order valence-electron chi connectivity index (χ4n) is 1.54. The Morgan fingerprint density at radius 1 is 1.37 bits per heavy atom. The van der Waals surface area contributed by atoms with Crippen molar-refractivity contribution in [3.63, 3.8) is 0 Å². The van der Waals surface area contributed by atoms with Crippen molar-refractivity contribution >= 4 is 17.6 Å². The third kappa shape index (κ3) is 4.17. The highest BCUT2D eigenvalue weighted by Crippen LogP contribution is 2.28. The number of hydrogen-bond donors (Lipinski definition) is 4. The Morgan fingerprint density at radius 3 is 2.47 bits per heavy atom. The molecular weight excluding hydrogens is 244 g/mol. The lowest BCUT2D eigenvalue weighted by Crippen LogP contribution is -2.43. The molecule has 0 aromatic heterocycles. The molecule has 1 aromatic rings. The molecule has 19 heavy (non-hydrogen) atoms. The summed E-state index contributed by atoms with van der Waals surface area (Å²) in [5, 5.41) is 13.0. The van der Waals surface area contributed by atoms with Crippen molar-refractivity contribution in [1.29, 1.82) is 5.41 Å². The maximum absolute atomic E-state index is 11.9. The number of nitrogens with one attached hydrogen (secondary N) is 3. The van der Waals surface area contributed by atoms with Gasteiger partial charge in [-0.05, 0) is 32.9 Å². The molecule has 0 atom stereocenters. The Morgan fingerprint density at radius 2 is 2.00 bits per heavy atom. The van der Waals surface area contributed by atoms with Gasteiger partial charge in [-0.25, -0.2) is 4.79 Å². The summed E-state index contributed by atoms with van der Waals surface area (Å²) in [7, 11) is 1.49. The van der Waals surface area contributed by atoms with Gasteiger partial charge in [-0.3, -0.25) is 5.41 Å². The summed E-state index contributed by atoms with van der Waals surface area (Å²) in [5.41, 5.74) is 5.95. The first-order chi connectivity index (χ1) is 8.74. The number of rotatable bonds is 3. The molecule has 0 unspecified atom stereocenters. The van der Waals surface area contributed by atoms with Gasteiger partial charge in [0.2, 0.25) is 0 Å². The van der Waals surface area contributed by atoms with E-state index in [4.69, 9.17) is 15.9 Å². The topological polar surface area (TPSA) is 100 Å². The maximum atomic E-state index is 11.9. The molecule has 0 bridgehead atoms. The highest BCUT2D eigenvalue weighted by molar-refractivity contribution is 6.05. The van der Waals surface area contributed by atoms with Crippen LogP contribution in [-0.4, -0.2) is 24.5 Å². The predicted octanol–water partition coefficient (Wildman–Crippen LogP) is 1.90. The van der Waals surface area contributed by atoms with Crippen molar-refractivity contribution in [3.05, 3.63) is 23.8 Å². The maximum Gasteiger partial charge on any atom is 0.319 e. The number of carbonyl (C=O) groups is 1. The third-order valence-electron chi connectivity index (χ3n) is 2.26. The van der Waals surface area contributed by atoms with Crippen LogP contribution in [0, 0.1) is 5.41 Å². The highest BCUT2D eigenvalue weighted by atomic mass is 16.5. The van der Waals surface area contributed by atoms with Crippen molar-refractivity contribution in [3.8, 4) is 5.75 Å². The van der Waals surface area contributed by atoms with E-state index in [1.54, 1.807) is 18.2 Å². The van der Waals surface area contributed by atoms with Gasteiger partial charge in [-0.15, -0.1) is 0 Å². The van der Waals surface area contributed by atoms with Crippen LogP contribution in [-0.2, 0) is 0 Å². The lowest BCUT2D eigenvalue weighted by atomic mass is 10.1. The van der Waals surface area contributed by atoms with Crippen LogP contribution in [0.3, 0.4) is 0 Å². The van der Waals surface area contributed by atoms with Gasteiger partial charge in [-0.2, -0.15) is 0 Å². The summed E-state index contributed by atoms with van der Waals surface area (Å²) in [6, 6.07) is 4.68. The minimum Gasteiger partial charge on any atom is -0.495 e. The normalized spacial score (nSPS) is 10.7. The Kier molecular flexibility index (Phi) is 4.37. The predicted molar refractivity (Wildman–Crippen MR) is 75.9 cm³/mol. The van der Waals surface area contributed by atoms with E-state index in [1.807, 2.05) is 20.8 Å². The number of anilines is 1. The second kappa shape index (κ2) is 5.60. The number of ether oxygens (including phenoxy) is 1. The number of methoxy groups -OCH3 is 1. The van der Waals surface area contributed by atoms with E-state index in [2.05, 4.69) is 10.6 Å². The zero-order valence-corrected chi connectivity index (χ0v) is 11.6. The van der Waals surface area contributed by atoms with Crippen molar-refractivity contribution in [2.45, 2.75) is 26.3 Å². The Balaban J connectivity index is 3.05. The number of nitrogens with two attached hydrogens (primary N) is 1. The van der Waals surface area contributed by atoms with Gasteiger partial charge in [0.1, 0.15) is 11.6 Å². The average Bonchev–Trinajstić information content (AvgIpc) is 2.26. The number of nitrogen functional groups attached to an aromatic ring is 1. The Hall–Kier alpha value is -2.24. The highest BCUT2D eigenvalue weighted by Gasteiger charge is 2.17. The third-order valence-corrected chi connectivity index (χ3v) is 2.26. The number of amidine groups is 1. The molecule has 0 saturated heterocycles.